The van der Waals surface area contributed by atoms with Crippen molar-refractivity contribution in [2.75, 3.05) is 27.4 Å². The van der Waals surface area contributed by atoms with Crippen LogP contribution in [0.3, 0.4) is 0 Å². The summed E-state index contributed by atoms with van der Waals surface area (Å²) in [6, 6.07) is 49.9. The lowest BCUT2D eigenvalue weighted by atomic mass is 9.91. The molecule has 0 N–H and O–H groups in total. The summed E-state index contributed by atoms with van der Waals surface area (Å²) in [6.07, 6.45) is 3.86. The molecule has 4 atom stereocenters. The molecule has 0 aliphatic heterocycles. The zero-order valence-corrected chi connectivity index (χ0v) is 39.6. The molecule has 2 saturated carbocycles. The highest BCUT2D eigenvalue weighted by molar-refractivity contribution is 7.00. The van der Waals surface area contributed by atoms with Gasteiger partial charge in [-0.2, -0.15) is 0 Å². The summed E-state index contributed by atoms with van der Waals surface area (Å²) in [5, 5.41) is 3.92. The van der Waals surface area contributed by atoms with Gasteiger partial charge in [-0.15, -0.1) is 0 Å². The Labute approximate surface area is 370 Å². The van der Waals surface area contributed by atoms with Crippen LogP contribution in [0, 0.1) is 16.7 Å². The molecule has 7 rings (SSSR count). The number of carbonyl (C=O) groups is 2. The van der Waals surface area contributed by atoms with E-state index in [0.29, 0.717) is 26.2 Å². The maximum Gasteiger partial charge on any atom is 0.320 e. The molecule has 5 aromatic carbocycles. The van der Waals surface area contributed by atoms with Gasteiger partial charge in [0.25, 0.3) is 16.6 Å². The highest BCUT2D eigenvalue weighted by atomic mass is 28.4. The number of benzene rings is 5. The number of hydrogen-bond acceptors (Lipinski definition) is 7. The predicted molar refractivity (Wildman–Crippen MR) is 252 cm³/mol. The lowest BCUT2D eigenvalue weighted by Crippen LogP contribution is -2.68. The summed E-state index contributed by atoms with van der Waals surface area (Å²) in [7, 11) is -3.16. The van der Waals surface area contributed by atoms with Crippen LogP contribution in [0.1, 0.15) is 59.9 Å². The second-order valence-electron chi connectivity index (χ2n) is 18.8. The Bertz CT molecular complexity index is 2230. The van der Waals surface area contributed by atoms with E-state index < -0.39 is 45.5 Å². The van der Waals surface area contributed by atoms with E-state index in [0.717, 1.165) is 21.7 Å². The number of hydrogen-bond donors (Lipinski definition) is 0. The Kier molecular flexibility index (Phi) is 13.1. The second kappa shape index (κ2) is 18.1. The fraction of sp³-hybridized carbons (Fsp3) is 0.358. The molecule has 0 radical (unpaired) electrons. The first-order chi connectivity index (χ1) is 29.7. The van der Waals surface area contributed by atoms with E-state index in [-0.39, 0.29) is 22.3 Å². The van der Waals surface area contributed by atoms with Crippen LogP contribution < -0.4 is 25.5 Å². The zero-order valence-electron chi connectivity index (χ0n) is 37.6. The molecule has 0 aromatic heterocycles. The van der Waals surface area contributed by atoms with E-state index in [1.165, 1.54) is 17.5 Å². The Balaban J connectivity index is 1.33. The number of ketones is 1. The van der Waals surface area contributed by atoms with E-state index >= 15 is 0 Å². The molecule has 0 bridgehead atoms. The van der Waals surface area contributed by atoms with Crippen molar-refractivity contribution >= 4 is 49.1 Å². The van der Waals surface area contributed by atoms with Crippen molar-refractivity contribution in [3.05, 3.63) is 163 Å². The van der Waals surface area contributed by atoms with Crippen LogP contribution in [-0.2, 0) is 34.5 Å². The third-order valence-corrected chi connectivity index (χ3v) is 23.6. The molecular formula is C53H62O7Si2. The third kappa shape index (κ3) is 7.66. The Hall–Kier alpha value is -4.91. The van der Waals surface area contributed by atoms with Gasteiger partial charge in [0.15, 0.2) is 5.78 Å². The highest BCUT2D eigenvalue weighted by Gasteiger charge is 2.89. The van der Waals surface area contributed by atoms with Gasteiger partial charge in [-0.3, -0.25) is 9.59 Å². The van der Waals surface area contributed by atoms with Crippen molar-refractivity contribution in [2.24, 2.45) is 16.7 Å². The average molecular weight is 867 g/mol. The number of rotatable bonds is 17. The predicted octanol–water partition coefficient (Wildman–Crippen LogP) is 8.43. The lowest BCUT2D eigenvalue weighted by molar-refractivity contribution is -0.152. The molecule has 5 aromatic rings. The maximum absolute atomic E-state index is 15.0. The van der Waals surface area contributed by atoms with Crippen molar-refractivity contribution in [3.63, 3.8) is 0 Å². The Morgan fingerprint density at radius 1 is 0.677 bits per heavy atom. The van der Waals surface area contributed by atoms with Crippen LogP contribution in [0.2, 0.25) is 10.1 Å². The van der Waals surface area contributed by atoms with Crippen molar-refractivity contribution in [3.8, 4) is 5.75 Å². The number of fused-ring (bicyclic) bond motifs is 1. The smallest absolute Gasteiger partial charge is 0.320 e. The summed E-state index contributed by atoms with van der Waals surface area (Å²) < 4.78 is 32.6. The first kappa shape index (κ1) is 45.1. The molecule has 62 heavy (non-hydrogen) atoms. The minimum Gasteiger partial charge on any atom is -0.497 e. The highest BCUT2D eigenvalue weighted by Crippen LogP contribution is 2.79. The summed E-state index contributed by atoms with van der Waals surface area (Å²) in [5.41, 5.74) is -1.39. The molecule has 0 heterocycles. The van der Waals surface area contributed by atoms with Gasteiger partial charge in [0.05, 0.1) is 33.5 Å². The lowest BCUT2D eigenvalue weighted by Gasteiger charge is -2.46. The number of ether oxygens (including phenoxy) is 3. The quantitative estimate of drug-likeness (QED) is 0.0306. The van der Waals surface area contributed by atoms with Gasteiger partial charge in [0, 0.05) is 24.4 Å². The van der Waals surface area contributed by atoms with E-state index in [1.807, 2.05) is 60.7 Å². The minimum absolute atomic E-state index is 0.0944. The average Bonchev–Trinajstić information content (AvgIpc) is 3.79. The zero-order chi connectivity index (χ0) is 44.2. The van der Waals surface area contributed by atoms with Crippen LogP contribution >= 0.6 is 0 Å². The van der Waals surface area contributed by atoms with E-state index in [4.69, 9.17) is 23.1 Å². The molecule has 0 saturated heterocycles. The summed E-state index contributed by atoms with van der Waals surface area (Å²) in [5.74, 6) is -0.383. The van der Waals surface area contributed by atoms with Gasteiger partial charge < -0.3 is 23.1 Å². The number of esters is 1. The van der Waals surface area contributed by atoms with Crippen LogP contribution in [0.25, 0.3) is 0 Å². The molecule has 0 amide bonds. The largest absolute Gasteiger partial charge is 0.497 e. The Morgan fingerprint density at radius 2 is 1.15 bits per heavy atom. The number of allylic oxidation sites excluding steroid dienone is 1. The summed E-state index contributed by atoms with van der Waals surface area (Å²) >= 11 is 0. The van der Waals surface area contributed by atoms with Crippen LogP contribution in [-0.4, -0.2) is 61.9 Å². The standard InChI is InChI=1S/C53H62O7Si2/c1-50(2,3)61(42-22-13-9-14-23-42,43-24-15-10-16-25-43)59-37-35-52-46(30-21-36-58-39-40-31-33-41(56-7)34-32-40)53(52,49(55)57-8)47(54)38-48(52)60-62(51(4,5)6,44-26-17-11-18-27-44)45-28-19-12-20-29-45/h9-34,46,48H,35-39H2,1-8H3/b30-21+/t46-,48?,52?,53-/m0/s1. The molecular weight excluding hydrogens is 805 g/mol. The topological polar surface area (TPSA) is 80.3 Å². The van der Waals surface area contributed by atoms with Crippen molar-refractivity contribution in [2.45, 2.75) is 77.2 Å². The summed E-state index contributed by atoms with van der Waals surface area (Å²) in [4.78, 5) is 29.5. The van der Waals surface area contributed by atoms with Gasteiger partial charge >= 0.3 is 5.97 Å². The van der Waals surface area contributed by atoms with Gasteiger partial charge in [-0.05, 0) is 54.9 Å². The molecule has 324 valence electrons. The molecule has 2 aliphatic carbocycles. The van der Waals surface area contributed by atoms with Gasteiger partial charge in [-0.25, -0.2) is 0 Å². The van der Waals surface area contributed by atoms with E-state index in [1.54, 1.807) is 7.11 Å². The molecule has 2 fully saturated rings. The van der Waals surface area contributed by atoms with Crippen molar-refractivity contribution in [1.82, 2.24) is 0 Å². The fourth-order valence-corrected chi connectivity index (χ4v) is 20.1. The normalized spacial score (nSPS) is 21.5. The molecule has 2 aliphatic rings. The first-order valence-corrected chi connectivity index (χ1v) is 25.6. The molecule has 9 heteroatoms. The summed E-state index contributed by atoms with van der Waals surface area (Å²) in [6.45, 7) is 14.5. The minimum atomic E-state index is -3.21. The number of carbonyl (C=O) groups excluding carboxylic acids is 2. The van der Waals surface area contributed by atoms with Crippen molar-refractivity contribution < 1.29 is 32.7 Å². The van der Waals surface area contributed by atoms with Crippen LogP contribution in [0.15, 0.2) is 158 Å². The van der Waals surface area contributed by atoms with Gasteiger partial charge in [0.1, 0.15) is 11.2 Å². The Morgan fingerprint density at radius 3 is 1.58 bits per heavy atom. The monoisotopic (exact) mass is 866 g/mol. The van der Waals surface area contributed by atoms with Gasteiger partial charge in [0.2, 0.25) is 0 Å². The molecule has 0 spiro atoms. The number of Topliss-reactive ketones (excluding diaryl/α,β-unsaturated/α-hetero) is 1. The SMILES string of the molecule is COC(=O)[C@]12C(=O)CC(O[Si](c3ccccc3)(c3ccccc3)C(C)(C)C)C1(CCO[Si](c1ccccc1)(c1ccccc1)C(C)(C)C)[C@@H]2/C=C/COCc1ccc(OC)cc1. The van der Waals surface area contributed by atoms with Crippen LogP contribution in [0.4, 0.5) is 0 Å². The van der Waals surface area contributed by atoms with E-state index in [2.05, 4.69) is 139 Å². The first-order valence-electron chi connectivity index (χ1n) is 21.8. The van der Waals surface area contributed by atoms with E-state index in [9.17, 15) is 9.59 Å². The molecule has 2 unspecified atom stereocenters. The number of methoxy groups -OCH3 is 2. The van der Waals surface area contributed by atoms with Crippen LogP contribution in [0.5, 0.6) is 5.75 Å². The van der Waals surface area contributed by atoms with Gasteiger partial charge in [-0.1, -0.05) is 187 Å². The van der Waals surface area contributed by atoms with Crippen molar-refractivity contribution in [1.29, 1.82) is 0 Å². The second-order valence-corrected chi connectivity index (χ2v) is 27.3. The molecule has 7 nitrogen and oxygen atoms in total. The maximum atomic E-state index is 15.0. The fourth-order valence-electron chi connectivity index (χ4n) is 10.8. The third-order valence-electron chi connectivity index (χ3n) is 13.5.